The van der Waals surface area contributed by atoms with E-state index in [0.717, 1.165) is 12.8 Å². The third-order valence-corrected chi connectivity index (χ3v) is 2.55. The van der Waals surface area contributed by atoms with Crippen molar-refractivity contribution >= 4 is 10.1 Å². The highest BCUT2D eigenvalue weighted by atomic mass is 32.2. The van der Waals surface area contributed by atoms with Crippen molar-refractivity contribution in [3.8, 4) is 0 Å². The Morgan fingerprint density at radius 2 is 1.92 bits per heavy atom. The first kappa shape index (κ1) is 11.9. The van der Waals surface area contributed by atoms with Gasteiger partial charge in [0.1, 0.15) is 5.75 Å². The molecule has 12 heavy (non-hydrogen) atoms. The number of aliphatic hydroxyl groups is 1. The predicted molar refractivity (Wildman–Crippen MR) is 46.6 cm³/mol. The summed E-state index contributed by atoms with van der Waals surface area (Å²) in [5.41, 5.74) is -1.30. The molecule has 0 saturated carbocycles. The normalized spacial score (nSPS) is 17.3. The molecule has 74 valence electrons. The number of rotatable bonds is 5. The Morgan fingerprint density at radius 1 is 1.42 bits per heavy atom. The molecule has 2 N–H and O–H groups in total. The van der Waals surface area contributed by atoms with Crippen LogP contribution in [0.5, 0.6) is 0 Å². The highest BCUT2D eigenvalue weighted by Gasteiger charge is 2.26. The van der Waals surface area contributed by atoms with Gasteiger partial charge >= 0.3 is 0 Å². The van der Waals surface area contributed by atoms with Crippen molar-refractivity contribution in [1.29, 1.82) is 0 Å². The van der Waals surface area contributed by atoms with Crippen LogP contribution < -0.4 is 0 Å². The van der Waals surface area contributed by atoms with Crippen molar-refractivity contribution in [1.82, 2.24) is 0 Å². The molecule has 0 amide bonds. The molecule has 1 unspecified atom stereocenters. The Kier molecular flexibility index (Phi) is 4.16. The molecule has 0 spiro atoms. The van der Waals surface area contributed by atoms with E-state index < -0.39 is 21.5 Å². The van der Waals surface area contributed by atoms with Gasteiger partial charge in [0.05, 0.1) is 5.60 Å². The Balaban J connectivity index is 4.04. The fraction of sp³-hybridized carbons (Fsp3) is 1.00. The van der Waals surface area contributed by atoms with E-state index in [4.69, 9.17) is 4.55 Å². The fourth-order valence-corrected chi connectivity index (χ4v) is 1.95. The van der Waals surface area contributed by atoms with Gasteiger partial charge in [-0.1, -0.05) is 19.8 Å². The Bertz CT molecular complexity index is 218. The SMILES string of the molecule is CCCCC(C)(O)CS(=O)(=O)O. The van der Waals surface area contributed by atoms with E-state index in [1.807, 2.05) is 6.92 Å². The first-order valence-electron chi connectivity index (χ1n) is 3.94. The van der Waals surface area contributed by atoms with Crippen LogP contribution in [0.3, 0.4) is 0 Å². The third-order valence-electron chi connectivity index (χ3n) is 1.56. The average molecular weight is 196 g/mol. The molecule has 5 heteroatoms. The molecule has 0 heterocycles. The van der Waals surface area contributed by atoms with Gasteiger partial charge in [0.15, 0.2) is 0 Å². The van der Waals surface area contributed by atoms with E-state index in [2.05, 4.69) is 0 Å². The van der Waals surface area contributed by atoms with Crippen LogP contribution >= 0.6 is 0 Å². The molecule has 0 aliphatic heterocycles. The molecule has 0 rings (SSSR count). The monoisotopic (exact) mass is 196 g/mol. The highest BCUT2D eigenvalue weighted by molar-refractivity contribution is 7.85. The lowest BCUT2D eigenvalue weighted by Crippen LogP contribution is -2.33. The van der Waals surface area contributed by atoms with E-state index in [1.54, 1.807) is 0 Å². The number of hydrogen-bond donors (Lipinski definition) is 2. The lowest BCUT2D eigenvalue weighted by atomic mass is 10.0. The maximum atomic E-state index is 10.4. The first-order chi connectivity index (χ1) is 5.27. The molecule has 0 aromatic rings. The van der Waals surface area contributed by atoms with Gasteiger partial charge < -0.3 is 5.11 Å². The third kappa shape index (κ3) is 6.57. The van der Waals surface area contributed by atoms with Crippen LogP contribution in [-0.2, 0) is 10.1 Å². The maximum Gasteiger partial charge on any atom is 0.267 e. The Morgan fingerprint density at radius 3 is 2.25 bits per heavy atom. The minimum Gasteiger partial charge on any atom is -0.389 e. The molecular weight excluding hydrogens is 180 g/mol. The van der Waals surface area contributed by atoms with Crippen LogP contribution in [0.15, 0.2) is 0 Å². The summed E-state index contributed by atoms with van der Waals surface area (Å²) in [6.07, 6.45) is 2.04. The maximum absolute atomic E-state index is 10.4. The van der Waals surface area contributed by atoms with Crippen LogP contribution in [0.25, 0.3) is 0 Å². The van der Waals surface area contributed by atoms with Crippen molar-refractivity contribution in [3.05, 3.63) is 0 Å². The van der Waals surface area contributed by atoms with Gasteiger partial charge in [0, 0.05) is 0 Å². The number of unbranched alkanes of at least 4 members (excludes halogenated alkanes) is 1. The Labute approximate surface area is 73.4 Å². The zero-order chi connectivity index (χ0) is 9.83. The lowest BCUT2D eigenvalue weighted by Gasteiger charge is -2.20. The Hall–Kier alpha value is -0.130. The van der Waals surface area contributed by atoms with E-state index in [0.29, 0.717) is 6.42 Å². The van der Waals surface area contributed by atoms with Crippen LogP contribution in [0, 0.1) is 0 Å². The van der Waals surface area contributed by atoms with E-state index in [9.17, 15) is 13.5 Å². The summed E-state index contributed by atoms with van der Waals surface area (Å²) in [7, 11) is -4.06. The number of hydrogen-bond acceptors (Lipinski definition) is 3. The van der Waals surface area contributed by atoms with Gasteiger partial charge in [-0.25, -0.2) is 0 Å². The molecular formula is C7H16O4S. The summed E-state index contributed by atoms with van der Waals surface area (Å²) in [5.74, 6) is -0.583. The fourth-order valence-electron chi connectivity index (χ4n) is 1.02. The quantitative estimate of drug-likeness (QED) is 0.638. The van der Waals surface area contributed by atoms with E-state index >= 15 is 0 Å². The van der Waals surface area contributed by atoms with Crippen LogP contribution in [0.2, 0.25) is 0 Å². The summed E-state index contributed by atoms with van der Waals surface area (Å²) in [6, 6.07) is 0. The molecule has 0 aromatic carbocycles. The minimum atomic E-state index is -4.06. The van der Waals surface area contributed by atoms with Gasteiger partial charge in [-0.05, 0) is 13.3 Å². The van der Waals surface area contributed by atoms with Crippen LogP contribution in [-0.4, -0.2) is 29.4 Å². The van der Waals surface area contributed by atoms with Crippen molar-refractivity contribution < 1.29 is 18.1 Å². The minimum absolute atomic E-state index is 0.392. The van der Waals surface area contributed by atoms with Crippen molar-refractivity contribution in [2.75, 3.05) is 5.75 Å². The lowest BCUT2D eigenvalue weighted by molar-refractivity contribution is 0.0703. The molecule has 0 radical (unpaired) electrons. The molecule has 0 aliphatic carbocycles. The largest absolute Gasteiger partial charge is 0.389 e. The van der Waals surface area contributed by atoms with Gasteiger partial charge in [-0.15, -0.1) is 0 Å². The second kappa shape index (κ2) is 4.20. The first-order valence-corrected chi connectivity index (χ1v) is 5.55. The standard InChI is InChI=1S/C7H16O4S/c1-3-4-5-7(2,8)6-12(9,10)11/h8H,3-6H2,1-2H3,(H,9,10,11). The topological polar surface area (TPSA) is 74.6 Å². The van der Waals surface area contributed by atoms with Gasteiger partial charge in [0.2, 0.25) is 0 Å². The molecule has 4 nitrogen and oxygen atoms in total. The van der Waals surface area contributed by atoms with Gasteiger partial charge in [0.25, 0.3) is 10.1 Å². The van der Waals surface area contributed by atoms with E-state index in [1.165, 1.54) is 6.92 Å². The highest BCUT2D eigenvalue weighted by Crippen LogP contribution is 2.15. The summed E-state index contributed by atoms with van der Waals surface area (Å²) in [5, 5.41) is 9.44. The van der Waals surface area contributed by atoms with Gasteiger partial charge in [-0.3, -0.25) is 4.55 Å². The smallest absolute Gasteiger partial charge is 0.267 e. The van der Waals surface area contributed by atoms with Crippen LogP contribution in [0.4, 0.5) is 0 Å². The zero-order valence-electron chi connectivity index (χ0n) is 7.45. The summed E-state index contributed by atoms with van der Waals surface area (Å²) >= 11 is 0. The van der Waals surface area contributed by atoms with Crippen molar-refractivity contribution in [2.45, 2.75) is 38.7 Å². The average Bonchev–Trinajstić information content (AvgIpc) is 1.78. The van der Waals surface area contributed by atoms with Gasteiger partial charge in [-0.2, -0.15) is 8.42 Å². The molecule has 1 atom stereocenters. The molecule has 0 aliphatic rings. The zero-order valence-corrected chi connectivity index (χ0v) is 8.26. The van der Waals surface area contributed by atoms with E-state index in [-0.39, 0.29) is 0 Å². The predicted octanol–water partition coefficient (Wildman–Crippen LogP) is 0.815. The second-order valence-corrected chi connectivity index (χ2v) is 4.78. The molecule has 0 bridgehead atoms. The molecule has 0 fully saturated rings. The van der Waals surface area contributed by atoms with Crippen molar-refractivity contribution in [2.24, 2.45) is 0 Å². The summed E-state index contributed by atoms with van der Waals surface area (Å²) < 4.78 is 29.3. The van der Waals surface area contributed by atoms with Crippen LogP contribution in [0.1, 0.15) is 33.1 Å². The molecule has 0 aromatic heterocycles. The summed E-state index contributed by atoms with van der Waals surface area (Å²) in [4.78, 5) is 0. The second-order valence-electron chi connectivity index (χ2n) is 3.33. The molecule has 0 saturated heterocycles. The van der Waals surface area contributed by atoms with Crippen molar-refractivity contribution in [3.63, 3.8) is 0 Å². The summed E-state index contributed by atoms with van der Waals surface area (Å²) in [6.45, 7) is 3.36.